The Labute approximate surface area is 115 Å². The van der Waals surface area contributed by atoms with Crippen LogP contribution in [0, 0.1) is 6.92 Å². The summed E-state index contributed by atoms with van der Waals surface area (Å²) in [6.45, 7) is 1.78. The van der Waals surface area contributed by atoms with Crippen LogP contribution >= 0.6 is 0 Å². The zero-order chi connectivity index (χ0) is 14.1. The van der Waals surface area contributed by atoms with Crippen molar-refractivity contribution in [3.8, 4) is 11.3 Å². The van der Waals surface area contributed by atoms with Crippen molar-refractivity contribution in [2.24, 2.45) is 0 Å². The fourth-order valence-electron chi connectivity index (χ4n) is 2.34. The normalized spacial score (nSPS) is 11.1. The van der Waals surface area contributed by atoms with E-state index in [-0.39, 0.29) is 12.2 Å². The number of aryl methyl sites for hydroxylation is 1. The molecule has 0 bridgehead atoms. The molecule has 0 fully saturated rings. The molecule has 3 aromatic rings. The predicted molar refractivity (Wildman–Crippen MR) is 76.8 cm³/mol. The maximum atomic E-state index is 12.4. The Morgan fingerprint density at radius 1 is 1.30 bits per heavy atom. The zero-order valence-corrected chi connectivity index (χ0v) is 11.1. The molecule has 1 aromatic carbocycles. The van der Waals surface area contributed by atoms with E-state index in [1.165, 1.54) is 4.52 Å². The second kappa shape index (κ2) is 4.94. The first kappa shape index (κ1) is 12.6. The summed E-state index contributed by atoms with van der Waals surface area (Å²) in [7, 11) is 0. The Bertz CT molecular complexity index is 803. The number of H-pyrrole nitrogens is 1. The highest BCUT2D eigenvalue weighted by atomic mass is 16.3. The molecule has 0 saturated heterocycles. The van der Waals surface area contributed by atoms with Gasteiger partial charge in [0.15, 0.2) is 0 Å². The monoisotopic (exact) mass is 269 g/mol. The average Bonchev–Trinajstić information content (AvgIpc) is 2.88. The van der Waals surface area contributed by atoms with E-state index in [1.54, 1.807) is 0 Å². The number of rotatable bonds is 3. The summed E-state index contributed by atoms with van der Waals surface area (Å²) in [6, 6.07) is 11.6. The molecule has 0 radical (unpaired) electrons. The molecule has 0 atom stereocenters. The predicted octanol–water partition coefficient (Wildman–Crippen LogP) is 1.53. The summed E-state index contributed by atoms with van der Waals surface area (Å²) in [4.78, 5) is 15.5. The first-order chi connectivity index (χ1) is 9.70. The van der Waals surface area contributed by atoms with Crippen LogP contribution in [0.1, 0.15) is 11.3 Å². The molecule has 5 nitrogen and oxygen atoms in total. The zero-order valence-electron chi connectivity index (χ0n) is 11.1. The average molecular weight is 269 g/mol. The van der Waals surface area contributed by atoms with E-state index in [0.29, 0.717) is 17.6 Å². The van der Waals surface area contributed by atoms with Gasteiger partial charge < -0.3 is 10.1 Å². The molecular formula is C15H15N3O2. The number of benzene rings is 1. The third-order valence-corrected chi connectivity index (χ3v) is 3.36. The summed E-state index contributed by atoms with van der Waals surface area (Å²) in [6.07, 6.45) is 0.331. The van der Waals surface area contributed by atoms with Crippen LogP contribution in [-0.4, -0.2) is 26.3 Å². The quantitative estimate of drug-likeness (QED) is 0.757. The fraction of sp³-hybridized carbons (Fsp3) is 0.200. The Balaban J connectivity index is 2.22. The van der Waals surface area contributed by atoms with Crippen LogP contribution in [0.15, 0.2) is 41.2 Å². The molecular weight excluding hydrogens is 254 g/mol. The molecule has 3 rings (SSSR count). The van der Waals surface area contributed by atoms with E-state index in [4.69, 9.17) is 5.11 Å². The maximum absolute atomic E-state index is 12.4. The smallest absolute Gasteiger partial charge is 0.277 e. The van der Waals surface area contributed by atoms with Gasteiger partial charge in [-0.2, -0.15) is 9.61 Å². The third kappa shape index (κ3) is 2.02. The van der Waals surface area contributed by atoms with Crippen LogP contribution in [0.4, 0.5) is 0 Å². The highest BCUT2D eigenvalue weighted by Gasteiger charge is 2.12. The van der Waals surface area contributed by atoms with Crippen LogP contribution in [0.2, 0.25) is 0 Å². The van der Waals surface area contributed by atoms with Crippen LogP contribution in [0.5, 0.6) is 0 Å². The minimum absolute atomic E-state index is 0.0533. The van der Waals surface area contributed by atoms with Gasteiger partial charge in [-0.25, -0.2) is 0 Å². The lowest BCUT2D eigenvalue weighted by Gasteiger charge is -2.03. The van der Waals surface area contributed by atoms with Crippen LogP contribution in [0.3, 0.4) is 0 Å². The molecule has 0 aliphatic heterocycles. The van der Waals surface area contributed by atoms with Gasteiger partial charge in [0.2, 0.25) is 0 Å². The van der Waals surface area contributed by atoms with Crippen molar-refractivity contribution in [1.82, 2.24) is 14.6 Å². The van der Waals surface area contributed by atoms with E-state index in [1.807, 2.05) is 43.3 Å². The molecule has 0 amide bonds. The van der Waals surface area contributed by atoms with Crippen molar-refractivity contribution in [1.29, 1.82) is 0 Å². The fourth-order valence-corrected chi connectivity index (χ4v) is 2.34. The maximum Gasteiger partial charge on any atom is 0.277 e. The lowest BCUT2D eigenvalue weighted by molar-refractivity contribution is 0.298. The van der Waals surface area contributed by atoms with Gasteiger partial charge in [0.1, 0.15) is 5.65 Å². The minimum atomic E-state index is -0.174. The van der Waals surface area contributed by atoms with E-state index < -0.39 is 0 Å². The van der Waals surface area contributed by atoms with Gasteiger partial charge in [-0.3, -0.25) is 4.79 Å². The van der Waals surface area contributed by atoms with Crippen molar-refractivity contribution < 1.29 is 5.11 Å². The van der Waals surface area contributed by atoms with E-state index in [9.17, 15) is 4.79 Å². The Morgan fingerprint density at radius 3 is 2.75 bits per heavy atom. The van der Waals surface area contributed by atoms with Crippen LogP contribution < -0.4 is 5.56 Å². The second-order valence-electron chi connectivity index (χ2n) is 4.70. The number of aromatic nitrogens is 3. The molecule has 0 unspecified atom stereocenters. The van der Waals surface area contributed by atoms with Gasteiger partial charge in [-0.15, -0.1) is 0 Å². The lowest BCUT2D eigenvalue weighted by Crippen LogP contribution is -2.22. The highest BCUT2D eigenvalue weighted by Crippen LogP contribution is 2.18. The van der Waals surface area contributed by atoms with Crippen molar-refractivity contribution in [3.05, 3.63) is 58.0 Å². The molecule has 2 aromatic heterocycles. The number of hydrogen-bond donors (Lipinski definition) is 2. The number of hydrogen-bond acceptors (Lipinski definition) is 3. The first-order valence-corrected chi connectivity index (χ1v) is 6.48. The van der Waals surface area contributed by atoms with Crippen molar-refractivity contribution in [3.63, 3.8) is 0 Å². The Kier molecular flexibility index (Phi) is 3.12. The van der Waals surface area contributed by atoms with Crippen LogP contribution in [-0.2, 0) is 6.42 Å². The van der Waals surface area contributed by atoms with Gasteiger partial charge in [-0.1, -0.05) is 30.3 Å². The minimum Gasteiger partial charge on any atom is -0.396 e. The van der Waals surface area contributed by atoms with E-state index in [0.717, 1.165) is 17.0 Å². The number of nitrogens with zero attached hydrogens (tertiary/aromatic N) is 2. The van der Waals surface area contributed by atoms with Crippen molar-refractivity contribution >= 4 is 5.65 Å². The molecule has 5 heteroatoms. The Morgan fingerprint density at radius 2 is 2.05 bits per heavy atom. The van der Waals surface area contributed by atoms with Gasteiger partial charge in [0.05, 0.1) is 5.69 Å². The number of aliphatic hydroxyl groups excluding tert-OH is 1. The largest absolute Gasteiger partial charge is 0.396 e. The summed E-state index contributed by atoms with van der Waals surface area (Å²) in [5.41, 5.74) is 3.55. The molecule has 2 heterocycles. The summed E-state index contributed by atoms with van der Waals surface area (Å²) >= 11 is 0. The second-order valence-corrected chi connectivity index (χ2v) is 4.70. The van der Waals surface area contributed by atoms with E-state index in [2.05, 4.69) is 10.1 Å². The number of nitrogens with one attached hydrogen (secondary N) is 1. The Hall–Kier alpha value is -2.40. The topological polar surface area (TPSA) is 70.4 Å². The molecule has 0 saturated carbocycles. The SMILES string of the molecule is Cc1[nH]c2cc(-c3ccccc3)nn2c(=O)c1CCO. The summed E-state index contributed by atoms with van der Waals surface area (Å²) in [5.74, 6) is 0. The third-order valence-electron chi connectivity index (χ3n) is 3.36. The molecule has 0 aliphatic carbocycles. The molecule has 2 N–H and O–H groups in total. The number of aromatic amines is 1. The standard InChI is InChI=1S/C15H15N3O2/c1-10-12(7-8-19)15(20)18-14(16-10)9-13(17-18)11-5-3-2-4-6-11/h2-6,9,16,19H,7-8H2,1H3. The summed E-state index contributed by atoms with van der Waals surface area (Å²) < 4.78 is 1.36. The molecule has 20 heavy (non-hydrogen) atoms. The highest BCUT2D eigenvalue weighted by molar-refractivity contribution is 5.64. The number of fused-ring (bicyclic) bond motifs is 1. The summed E-state index contributed by atoms with van der Waals surface area (Å²) in [5, 5.41) is 13.4. The first-order valence-electron chi connectivity index (χ1n) is 6.48. The molecule has 0 aliphatic rings. The molecule has 102 valence electrons. The van der Waals surface area contributed by atoms with Crippen LogP contribution in [0.25, 0.3) is 16.9 Å². The van der Waals surface area contributed by atoms with Gasteiger partial charge >= 0.3 is 0 Å². The van der Waals surface area contributed by atoms with Gasteiger partial charge in [-0.05, 0) is 6.92 Å². The molecule has 0 spiro atoms. The van der Waals surface area contributed by atoms with E-state index >= 15 is 0 Å². The van der Waals surface area contributed by atoms with Crippen molar-refractivity contribution in [2.45, 2.75) is 13.3 Å². The van der Waals surface area contributed by atoms with Crippen molar-refractivity contribution in [2.75, 3.05) is 6.61 Å². The van der Waals surface area contributed by atoms with Gasteiger partial charge in [0.25, 0.3) is 5.56 Å². The lowest BCUT2D eigenvalue weighted by atomic mass is 10.1. The number of aliphatic hydroxyl groups is 1. The van der Waals surface area contributed by atoms with Gasteiger partial charge in [0, 0.05) is 35.9 Å².